The van der Waals surface area contributed by atoms with Gasteiger partial charge in [0, 0.05) is 54.7 Å². The number of nitrogens with one attached hydrogen (secondary N) is 1. The second-order valence-corrected chi connectivity index (χ2v) is 14.9. The Morgan fingerprint density at radius 2 is 1.88 bits per heavy atom. The van der Waals surface area contributed by atoms with Crippen LogP contribution in [0.1, 0.15) is 43.7 Å². The molecule has 0 unspecified atom stereocenters. The van der Waals surface area contributed by atoms with Gasteiger partial charge in [-0.15, -0.1) is 0 Å². The van der Waals surface area contributed by atoms with Crippen LogP contribution in [-0.2, 0) is 10.9 Å². The number of nitrogen functional groups attached to an aromatic ring is 1. The monoisotopic (exact) mass is 673 g/mol. The lowest BCUT2D eigenvalue weighted by atomic mass is 9.77. The van der Waals surface area contributed by atoms with Gasteiger partial charge in [0.15, 0.2) is 5.82 Å². The van der Waals surface area contributed by atoms with Gasteiger partial charge in [0.1, 0.15) is 34.3 Å². The summed E-state index contributed by atoms with van der Waals surface area (Å²) in [6, 6.07) is 0.727. The Morgan fingerprint density at radius 3 is 2.56 bits per heavy atom. The topological polar surface area (TPSA) is 111 Å². The van der Waals surface area contributed by atoms with Gasteiger partial charge >= 0.3 is 12.2 Å². The number of rotatable bonds is 6. The molecular formula is C33H36F5N7O3. The molecule has 1 spiro atoms. The SMILES string of the molecule is Cc1c(F)c(N)cc(-c2nc3c4c(nc(OCC5(CN6CC7(COC7)C6)CC5)nc4c2F)N2C[C@H]4CC[C@H](N4)[C@H]2[C@H](C)O3)c1C(F)(F)F. The van der Waals surface area contributed by atoms with E-state index in [1.54, 1.807) is 0 Å². The molecule has 9 rings (SSSR count). The zero-order valence-corrected chi connectivity index (χ0v) is 26.6. The van der Waals surface area contributed by atoms with Crippen LogP contribution in [0.15, 0.2) is 6.07 Å². The van der Waals surface area contributed by atoms with Crippen LogP contribution in [0.25, 0.3) is 22.2 Å². The summed E-state index contributed by atoms with van der Waals surface area (Å²) in [4.78, 5) is 18.2. The number of anilines is 2. The molecular weight excluding hydrogens is 637 g/mol. The largest absolute Gasteiger partial charge is 0.472 e. The average Bonchev–Trinajstić information content (AvgIpc) is 3.69. The number of pyridine rings is 1. The summed E-state index contributed by atoms with van der Waals surface area (Å²) in [5.41, 5.74) is 1.67. The summed E-state index contributed by atoms with van der Waals surface area (Å²) < 4.78 is 92.9. The van der Waals surface area contributed by atoms with Crippen LogP contribution in [0.4, 0.5) is 33.5 Å². The molecule has 48 heavy (non-hydrogen) atoms. The maximum Gasteiger partial charge on any atom is 0.417 e. The third kappa shape index (κ3) is 4.63. The molecule has 15 heteroatoms. The van der Waals surface area contributed by atoms with Crippen LogP contribution in [0, 0.1) is 29.4 Å². The summed E-state index contributed by atoms with van der Waals surface area (Å²) in [6.45, 7) is 8.17. The zero-order chi connectivity index (χ0) is 33.3. The smallest absolute Gasteiger partial charge is 0.417 e. The Labute approximate surface area is 273 Å². The molecule has 256 valence electrons. The lowest BCUT2D eigenvalue weighted by Gasteiger charge is -2.55. The minimum Gasteiger partial charge on any atom is -0.472 e. The molecule has 1 saturated carbocycles. The first kappa shape index (κ1) is 30.5. The molecule has 6 aliphatic rings. The molecule has 4 saturated heterocycles. The van der Waals surface area contributed by atoms with E-state index in [4.69, 9.17) is 24.9 Å². The van der Waals surface area contributed by atoms with Crippen molar-refractivity contribution in [1.29, 1.82) is 0 Å². The van der Waals surface area contributed by atoms with E-state index in [0.29, 0.717) is 24.4 Å². The Hall–Kier alpha value is -3.56. The first-order valence-electron chi connectivity index (χ1n) is 16.5. The summed E-state index contributed by atoms with van der Waals surface area (Å²) in [6.07, 6.45) is -1.72. The van der Waals surface area contributed by atoms with Crippen molar-refractivity contribution in [2.75, 3.05) is 56.6 Å². The molecule has 2 bridgehead atoms. The number of benzene rings is 1. The predicted molar refractivity (Wildman–Crippen MR) is 165 cm³/mol. The molecule has 4 atom stereocenters. The van der Waals surface area contributed by atoms with Crippen molar-refractivity contribution in [2.45, 2.75) is 69.9 Å². The molecule has 3 N–H and O–H groups in total. The molecule has 10 nitrogen and oxygen atoms in total. The summed E-state index contributed by atoms with van der Waals surface area (Å²) in [5, 5.41) is 3.79. The van der Waals surface area contributed by atoms with Gasteiger partial charge in [-0.3, -0.25) is 0 Å². The number of fused-ring (bicyclic) bond motifs is 5. The molecule has 7 heterocycles. The molecule has 0 radical (unpaired) electrons. The van der Waals surface area contributed by atoms with E-state index in [1.165, 1.54) is 0 Å². The standard InChI is InChI=1S/C33H36F5N7O3/c1-15-22(33(36,37)38)18(7-19(39)23(15)34)25-24(35)26-21-28(45-8-17-3-4-20(40-17)27(45)16(2)48-29(21)41-25)43-30(42-26)47-14-31(5-6-31)9-44-10-32(11-44)12-46-13-32/h7,16-17,20,27,40H,3-6,8-14,39H2,1-2H3/t16-,17+,20-,27+/m0/s1. The number of hydrogen-bond donors (Lipinski definition) is 2. The fraction of sp³-hybridized carbons (Fsp3) is 0.606. The van der Waals surface area contributed by atoms with Crippen molar-refractivity contribution in [3.63, 3.8) is 0 Å². The van der Waals surface area contributed by atoms with Gasteiger partial charge in [-0.1, -0.05) is 0 Å². The van der Waals surface area contributed by atoms with Crippen molar-refractivity contribution >= 4 is 22.4 Å². The van der Waals surface area contributed by atoms with E-state index in [0.717, 1.165) is 71.5 Å². The van der Waals surface area contributed by atoms with E-state index in [-0.39, 0.29) is 46.3 Å². The first-order chi connectivity index (χ1) is 22.8. The lowest BCUT2D eigenvalue weighted by Crippen LogP contribution is -2.66. The highest BCUT2D eigenvalue weighted by Gasteiger charge is 2.54. The second-order valence-electron chi connectivity index (χ2n) is 14.9. The van der Waals surface area contributed by atoms with Gasteiger partial charge in [0.05, 0.1) is 37.1 Å². The highest BCUT2D eigenvalue weighted by atomic mass is 19.4. The third-order valence-corrected chi connectivity index (χ3v) is 11.3. The fourth-order valence-electron chi connectivity index (χ4n) is 8.71. The summed E-state index contributed by atoms with van der Waals surface area (Å²) in [5.74, 6) is -2.07. The van der Waals surface area contributed by atoms with Crippen LogP contribution >= 0.6 is 0 Å². The normalized spacial score (nSPS) is 28.0. The van der Waals surface area contributed by atoms with Crippen LogP contribution in [-0.4, -0.2) is 90.1 Å². The number of hydrogen-bond acceptors (Lipinski definition) is 10. The maximum absolute atomic E-state index is 16.8. The Bertz CT molecular complexity index is 1840. The predicted octanol–water partition coefficient (Wildman–Crippen LogP) is 4.46. The van der Waals surface area contributed by atoms with Gasteiger partial charge in [0.25, 0.3) is 0 Å². The summed E-state index contributed by atoms with van der Waals surface area (Å²) >= 11 is 0. The number of nitrogens with two attached hydrogens (primary N) is 1. The number of aromatic nitrogens is 3. The molecule has 1 aromatic carbocycles. The van der Waals surface area contributed by atoms with Crippen LogP contribution in [0.3, 0.4) is 0 Å². The maximum atomic E-state index is 16.8. The van der Waals surface area contributed by atoms with Crippen molar-refractivity contribution in [3.8, 4) is 23.1 Å². The molecule has 2 aromatic heterocycles. The van der Waals surface area contributed by atoms with E-state index in [2.05, 4.69) is 25.1 Å². The van der Waals surface area contributed by atoms with Gasteiger partial charge < -0.3 is 35.1 Å². The van der Waals surface area contributed by atoms with Gasteiger partial charge in [-0.05, 0) is 51.2 Å². The van der Waals surface area contributed by atoms with Crippen molar-refractivity contribution in [2.24, 2.45) is 10.8 Å². The Balaban J connectivity index is 1.16. The van der Waals surface area contributed by atoms with Crippen molar-refractivity contribution in [3.05, 3.63) is 28.8 Å². The van der Waals surface area contributed by atoms with E-state index < -0.39 is 52.0 Å². The number of nitrogens with zero attached hydrogens (tertiary/aromatic N) is 5. The quantitative estimate of drug-likeness (QED) is 0.288. The molecule has 3 aromatic rings. The van der Waals surface area contributed by atoms with Gasteiger partial charge in [-0.25, -0.2) is 13.8 Å². The number of ether oxygens (including phenoxy) is 3. The van der Waals surface area contributed by atoms with E-state index in [1.807, 2.05) is 6.92 Å². The number of likely N-dealkylation sites (tertiary alicyclic amines) is 1. The molecule has 0 amide bonds. The Morgan fingerprint density at radius 1 is 1.10 bits per heavy atom. The third-order valence-electron chi connectivity index (χ3n) is 11.3. The van der Waals surface area contributed by atoms with Crippen LogP contribution in [0.2, 0.25) is 0 Å². The second kappa shape index (κ2) is 10.2. The van der Waals surface area contributed by atoms with Crippen LogP contribution < -0.4 is 25.4 Å². The zero-order valence-electron chi connectivity index (χ0n) is 26.6. The van der Waals surface area contributed by atoms with Gasteiger partial charge in [-0.2, -0.15) is 23.1 Å². The first-order valence-corrected chi connectivity index (χ1v) is 16.5. The van der Waals surface area contributed by atoms with Gasteiger partial charge in [0.2, 0.25) is 5.88 Å². The highest BCUT2D eigenvalue weighted by Crippen LogP contribution is 2.51. The molecule has 1 aliphatic carbocycles. The number of piperazine rings is 1. The fourth-order valence-corrected chi connectivity index (χ4v) is 8.71. The molecule has 5 aliphatic heterocycles. The van der Waals surface area contributed by atoms with Crippen molar-refractivity contribution < 1.29 is 36.2 Å². The lowest BCUT2D eigenvalue weighted by molar-refractivity contribution is -0.192. The van der Waals surface area contributed by atoms with Crippen molar-refractivity contribution in [1.82, 2.24) is 25.2 Å². The minimum absolute atomic E-state index is 0.0544. The highest BCUT2D eigenvalue weighted by molar-refractivity contribution is 5.97. The number of alkyl halides is 3. The summed E-state index contributed by atoms with van der Waals surface area (Å²) in [7, 11) is 0. The minimum atomic E-state index is -5.03. The molecule has 5 fully saturated rings. The Kier molecular flexibility index (Phi) is 6.50. The van der Waals surface area contributed by atoms with Crippen LogP contribution in [0.5, 0.6) is 11.9 Å². The average molecular weight is 674 g/mol. The van der Waals surface area contributed by atoms with E-state index >= 15 is 4.39 Å². The van der Waals surface area contributed by atoms with E-state index in [9.17, 15) is 17.6 Å². The number of halogens is 5.